The third-order valence-electron chi connectivity index (χ3n) is 1.51. The Hall–Kier alpha value is 0.452. The Morgan fingerprint density at radius 3 is 2.50 bits per heavy atom. The Morgan fingerprint density at radius 2 is 1.90 bits per heavy atom. The van der Waals surface area contributed by atoms with Gasteiger partial charge in [0.05, 0.1) is 0 Å². The van der Waals surface area contributed by atoms with Gasteiger partial charge < -0.3 is 10.6 Å². The molecule has 0 aliphatic heterocycles. The summed E-state index contributed by atoms with van der Waals surface area (Å²) in [6, 6.07) is 0. The van der Waals surface area contributed by atoms with Crippen molar-refractivity contribution >= 4 is 16.3 Å². The molecule has 0 aromatic heterocycles. The van der Waals surface area contributed by atoms with Crippen molar-refractivity contribution < 1.29 is 0 Å². The molecule has 10 heavy (non-hydrogen) atoms. The van der Waals surface area contributed by atoms with E-state index in [0.29, 0.717) is 0 Å². The van der Waals surface area contributed by atoms with Crippen molar-refractivity contribution in [2.24, 2.45) is 0 Å². The maximum Gasteiger partial charge on any atom is 0.211 e. The van der Waals surface area contributed by atoms with Crippen LogP contribution in [0.15, 0.2) is 0 Å². The first kappa shape index (κ1) is 10.5. The molecule has 0 aliphatic rings. The summed E-state index contributed by atoms with van der Waals surface area (Å²) in [4.78, 5) is 0. The van der Waals surface area contributed by atoms with Gasteiger partial charge in [0.15, 0.2) is 0 Å². The summed E-state index contributed by atoms with van der Waals surface area (Å²) in [6.07, 6.45) is 2.77. The fourth-order valence-electron chi connectivity index (χ4n) is 0.838. The molecule has 0 unspecified atom stereocenters. The van der Waals surface area contributed by atoms with Crippen LogP contribution in [0.1, 0.15) is 12.8 Å². The van der Waals surface area contributed by atoms with E-state index in [0.717, 1.165) is 13.1 Å². The number of unbranched alkanes of at least 4 members (excludes halogenated alkanes) is 1. The lowest BCUT2D eigenvalue weighted by Crippen LogP contribution is -2.25. The zero-order valence-corrected chi connectivity index (χ0v) is 9.24. The average Bonchev–Trinajstić information content (AvgIpc) is 1.97. The minimum absolute atomic E-state index is 1.08. The standard InChI is InChI=1S/C7H17N2.Al.2H/c1-3-4-5-9-7-6-8-2;;;/h8-9H,1,3-7H2,2H3;;;. The summed E-state index contributed by atoms with van der Waals surface area (Å²) in [5, 5.41) is 7.93. The summed E-state index contributed by atoms with van der Waals surface area (Å²) in [5.41, 5.74) is 0. The molecule has 0 saturated carbocycles. The zero-order chi connectivity index (χ0) is 7.66. The minimum Gasteiger partial charge on any atom is -0.318 e. The van der Waals surface area contributed by atoms with Gasteiger partial charge in [-0.3, -0.25) is 0 Å². The zero-order valence-electron chi connectivity index (χ0n) is 7.24. The van der Waals surface area contributed by atoms with E-state index >= 15 is 0 Å². The molecule has 0 heterocycles. The predicted octanol–water partition coefficient (Wildman–Crippen LogP) is -0.373. The molecular formula is C7H19AlN2. The highest BCUT2D eigenvalue weighted by molar-refractivity contribution is 6.08. The van der Waals surface area contributed by atoms with Gasteiger partial charge in [-0.2, -0.15) is 0 Å². The number of likely N-dealkylation sites (N-methyl/N-ethyl adjacent to an activating group) is 1. The van der Waals surface area contributed by atoms with Crippen molar-refractivity contribution in [1.29, 1.82) is 0 Å². The molecule has 2 N–H and O–H groups in total. The summed E-state index contributed by atoms with van der Waals surface area (Å²) in [6.45, 7) is 3.39. The van der Waals surface area contributed by atoms with E-state index in [1.54, 1.807) is 0 Å². The second-order valence-electron chi connectivity index (χ2n) is 2.56. The highest BCUT2D eigenvalue weighted by atomic mass is 27.0. The molecule has 0 saturated heterocycles. The van der Waals surface area contributed by atoms with E-state index in [-0.39, 0.29) is 0 Å². The largest absolute Gasteiger partial charge is 0.318 e. The monoisotopic (exact) mass is 158 g/mol. The molecule has 0 bridgehead atoms. The predicted molar refractivity (Wildman–Crippen MR) is 49.4 cm³/mol. The molecule has 60 valence electrons. The van der Waals surface area contributed by atoms with Gasteiger partial charge >= 0.3 is 0 Å². The molecule has 0 aromatic rings. The van der Waals surface area contributed by atoms with Gasteiger partial charge in [-0.25, -0.2) is 0 Å². The van der Waals surface area contributed by atoms with Crippen LogP contribution in [0.3, 0.4) is 0 Å². The fraction of sp³-hybridized carbons (Fsp3) is 1.00. The van der Waals surface area contributed by atoms with Crippen LogP contribution in [0.5, 0.6) is 0 Å². The molecule has 2 nitrogen and oxygen atoms in total. The quantitative estimate of drug-likeness (QED) is 0.390. The Morgan fingerprint density at radius 1 is 1.10 bits per heavy atom. The molecule has 0 radical (unpaired) electrons. The first-order chi connectivity index (χ1) is 4.91. The maximum atomic E-state index is 3.37. The van der Waals surface area contributed by atoms with Crippen molar-refractivity contribution in [2.75, 3.05) is 26.7 Å². The SMILES string of the molecule is CNCCNCCC[CH2][AlH2]. The van der Waals surface area contributed by atoms with Gasteiger partial charge in [0.1, 0.15) is 0 Å². The van der Waals surface area contributed by atoms with E-state index in [4.69, 9.17) is 0 Å². The highest BCUT2D eigenvalue weighted by Gasteiger charge is 1.85. The lowest BCUT2D eigenvalue weighted by Gasteiger charge is -2.02. The van der Waals surface area contributed by atoms with Crippen LogP contribution < -0.4 is 10.6 Å². The maximum absolute atomic E-state index is 3.37. The molecule has 0 amide bonds. The first-order valence-electron chi connectivity index (χ1n) is 4.27. The van der Waals surface area contributed by atoms with Crippen LogP contribution >= 0.6 is 0 Å². The Labute approximate surface area is 72.2 Å². The third kappa shape index (κ3) is 8.45. The summed E-state index contributed by atoms with van der Waals surface area (Å²) >= 11 is 1.37. The van der Waals surface area contributed by atoms with Crippen LogP contribution in [-0.2, 0) is 0 Å². The third-order valence-corrected chi connectivity index (χ3v) is 2.22. The van der Waals surface area contributed by atoms with E-state index in [1.165, 1.54) is 41.0 Å². The van der Waals surface area contributed by atoms with Crippen LogP contribution in [0.4, 0.5) is 0 Å². The molecule has 0 fully saturated rings. The lowest BCUT2D eigenvalue weighted by atomic mass is 10.3. The fourth-order valence-corrected chi connectivity index (χ4v) is 1.34. The average molecular weight is 158 g/mol. The van der Waals surface area contributed by atoms with Crippen molar-refractivity contribution in [2.45, 2.75) is 18.1 Å². The van der Waals surface area contributed by atoms with Crippen molar-refractivity contribution in [3.8, 4) is 0 Å². The van der Waals surface area contributed by atoms with Gasteiger partial charge in [-0.15, -0.1) is 5.28 Å². The molecule has 0 aromatic carbocycles. The van der Waals surface area contributed by atoms with Gasteiger partial charge in [0.25, 0.3) is 0 Å². The number of hydrogen-bond acceptors (Lipinski definition) is 2. The summed E-state index contributed by atoms with van der Waals surface area (Å²) < 4.78 is 0. The van der Waals surface area contributed by atoms with Crippen LogP contribution in [-0.4, -0.2) is 43.0 Å². The Bertz CT molecular complexity index is 51.6. The van der Waals surface area contributed by atoms with Crippen LogP contribution in [0.2, 0.25) is 5.28 Å². The second kappa shape index (κ2) is 9.45. The smallest absolute Gasteiger partial charge is 0.211 e. The van der Waals surface area contributed by atoms with Crippen molar-refractivity contribution in [3.05, 3.63) is 0 Å². The molecule has 0 spiro atoms. The Balaban J connectivity index is 2.65. The van der Waals surface area contributed by atoms with E-state index in [9.17, 15) is 0 Å². The van der Waals surface area contributed by atoms with Crippen LogP contribution in [0, 0.1) is 0 Å². The summed E-state index contributed by atoms with van der Waals surface area (Å²) in [5.74, 6) is 0. The highest BCUT2D eigenvalue weighted by Crippen LogP contribution is 1.88. The number of nitrogens with one attached hydrogen (secondary N) is 2. The summed E-state index contributed by atoms with van der Waals surface area (Å²) in [7, 11) is 1.99. The van der Waals surface area contributed by atoms with Gasteiger partial charge in [0.2, 0.25) is 16.3 Å². The van der Waals surface area contributed by atoms with E-state index in [1.807, 2.05) is 7.05 Å². The van der Waals surface area contributed by atoms with Crippen molar-refractivity contribution in [1.82, 2.24) is 10.6 Å². The van der Waals surface area contributed by atoms with Gasteiger partial charge in [-0.05, 0) is 20.0 Å². The lowest BCUT2D eigenvalue weighted by molar-refractivity contribution is 0.619. The first-order valence-corrected chi connectivity index (χ1v) is 5.68. The van der Waals surface area contributed by atoms with E-state index in [2.05, 4.69) is 10.6 Å². The van der Waals surface area contributed by atoms with Crippen molar-refractivity contribution in [3.63, 3.8) is 0 Å². The molecule has 0 atom stereocenters. The minimum atomic E-state index is 1.08. The number of rotatable bonds is 7. The Kier molecular flexibility index (Phi) is 9.88. The van der Waals surface area contributed by atoms with E-state index < -0.39 is 0 Å². The normalized spacial score (nSPS) is 10.1. The molecule has 0 rings (SSSR count). The van der Waals surface area contributed by atoms with Gasteiger partial charge in [0, 0.05) is 13.1 Å². The second-order valence-corrected chi connectivity index (χ2v) is 3.56. The topological polar surface area (TPSA) is 24.1 Å². The van der Waals surface area contributed by atoms with Gasteiger partial charge in [-0.1, -0.05) is 6.42 Å². The molecular weight excluding hydrogens is 139 g/mol. The molecule has 0 aliphatic carbocycles. The number of hydrogen-bond donors (Lipinski definition) is 2. The van der Waals surface area contributed by atoms with Crippen LogP contribution in [0.25, 0.3) is 0 Å². The molecule has 3 heteroatoms.